The van der Waals surface area contributed by atoms with E-state index in [-0.39, 0.29) is 11.6 Å². The third-order valence-electron chi connectivity index (χ3n) is 3.78. The molecule has 0 aliphatic heterocycles. The van der Waals surface area contributed by atoms with Crippen LogP contribution >= 0.6 is 0 Å². The summed E-state index contributed by atoms with van der Waals surface area (Å²) in [6.07, 6.45) is 3.61. The van der Waals surface area contributed by atoms with Gasteiger partial charge in [-0.15, -0.1) is 0 Å². The molecule has 2 heterocycles. The maximum absolute atomic E-state index is 13.9. The number of halogens is 1. The molecule has 0 bridgehead atoms. The van der Waals surface area contributed by atoms with Gasteiger partial charge in [-0.25, -0.2) is 4.39 Å². The van der Waals surface area contributed by atoms with Gasteiger partial charge >= 0.3 is 0 Å². The minimum absolute atomic E-state index is 0.105. The van der Waals surface area contributed by atoms with Crippen molar-refractivity contribution < 1.29 is 13.9 Å². The summed E-state index contributed by atoms with van der Waals surface area (Å²) in [7, 11) is 0. The maximum Gasteiger partial charge on any atom is 0.225 e. The minimum atomic E-state index is -0.368. The van der Waals surface area contributed by atoms with Crippen LogP contribution in [0.3, 0.4) is 0 Å². The van der Waals surface area contributed by atoms with Gasteiger partial charge in [0.25, 0.3) is 0 Å². The van der Waals surface area contributed by atoms with Crippen LogP contribution in [-0.4, -0.2) is 5.11 Å². The number of aromatic nitrogens is 1. The standard InChI is InChI=1S/C15H10FNO/c16-11-4-1-5-12-13(11)15(18)10-7-6-9-3-2-8-17(12)14(9)10/h1-5,8H,6-7H2/p+1. The molecule has 0 fully saturated rings. The van der Waals surface area contributed by atoms with E-state index in [1.807, 2.05) is 22.7 Å². The van der Waals surface area contributed by atoms with Gasteiger partial charge < -0.3 is 5.11 Å². The van der Waals surface area contributed by atoms with Crippen molar-refractivity contribution >= 4 is 16.4 Å². The summed E-state index contributed by atoms with van der Waals surface area (Å²) in [6.45, 7) is 0. The number of hydrogen-bond donors (Lipinski definition) is 1. The van der Waals surface area contributed by atoms with Crippen LogP contribution in [0.5, 0.6) is 5.75 Å². The van der Waals surface area contributed by atoms with Gasteiger partial charge in [0.05, 0.1) is 5.56 Å². The van der Waals surface area contributed by atoms with Gasteiger partial charge in [-0.3, -0.25) is 0 Å². The Morgan fingerprint density at radius 2 is 2.00 bits per heavy atom. The van der Waals surface area contributed by atoms with E-state index in [1.54, 1.807) is 6.07 Å². The largest absolute Gasteiger partial charge is 0.506 e. The van der Waals surface area contributed by atoms with Crippen molar-refractivity contribution in [3.8, 4) is 5.75 Å². The number of fused-ring (bicyclic) bond motifs is 2. The summed E-state index contributed by atoms with van der Waals surface area (Å²) in [4.78, 5) is 0. The smallest absolute Gasteiger partial charge is 0.225 e. The van der Waals surface area contributed by atoms with Crippen molar-refractivity contribution in [2.45, 2.75) is 12.8 Å². The summed E-state index contributed by atoms with van der Waals surface area (Å²) >= 11 is 0. The molecule has 2 nitrogen and oxygen atoms in total. The highest BCUT2D eigenvalue weighted by Gasteiger charge is 2.28. The van der Waals surface area contributed by atoms with Crippen LogP contribution in [0.25, 0.3) is 16.4 Å². The third-order valence-corrected chi connectivity index (χ3v) is 3.78. The highest BCUT2D eigenvalue weighted by molar-refractivity contribution is 5.88. The Morgan fingerprint density at radius 3 is 2.89 bits per heavy atom. The number of benzene rings is 1. The SMILES string of the molecule is Oc1c2c3c(ccc[n+]3c3cccc(F)c13)CC2. The summed E-state index contributed by atoms with van der Waals surface area (Å²) in [6, 6.07) is 8.94. The second-order valence-corrected chi connectivity index (χ2v) is 4.71. The molecule has 0 radical (unpaired) electrons. The Labute approximate surface area is 103 Å². The first-order valence-corrected chi connectivity index (χ1v) is 6.02. The molecule has 0 saturated heterocycles. The topological polar surface area (TPSA) is 24.3 Å². The third kappa shape index (κ3) is 1.04. The van der Waals surface area contributed by atoms with Crippen LogP contribution in [0.4, 0.5) is 4.39 Å². The summed E-state index contributed by atoms with van der Waals surface area (Å²) in [5.74, 6) is -0.263. The molecule has 2 aromatic heterocycles. The first kappa shape index (κ1) is 9.83. The van der Waals surface area contributed by atoms with Gasteiger partial charge in [-0.2, -0.15) is 4.40 Å². The zero-order valence-electron chi connectivity index (χ0n) is 9.65. The molecule has 0 saturated carbocycles. The first-order valence-electron chi connectivity index (χ1n) is 6.02. The van der Waals surface area contributed by atoms with Gasteiger partial charge in [0.15, 0.2) is 6.20 Å². The van der Waals surface area contributed by atoms with Crippen molar-refractivity contribution in [2.24, 2.45) is 0 Å². The van der Waals surface area contributed by atoms with Gasteiger partial charge in [0.1, 0.15) is 17.0 Å². The van der Waals surface area contributed by atoms with Crippen LogP contribution in [0.15, 0.2) is 36.5 Å². The predicted octanol–water partition coefficient (Wildman–Crippen LogP) is 2.52. The lowest BCUT2D eigenvalue weighted by atomic mass is 10.1. The van der Waals surface area contributed by atoms with Crippen LogP contribution in [0, 0.1) is 5.82 Å². The van der Waals surface area contributed by atoms with Gasteiger partial charge in [-0.1, -0.05) is 6.07 Å². The van der Waals surface area contributed by atoms with Crippen LogP contribution in [-0.2, 0) is 12.8 Å². The minimum Gasteiger partial charge on any atom is -0.506 e. The number of aryl methyl sites for hydroxylation is 2. The Hall–Kier alpha value is -2.16. The molecular weight excluding hydrogens is 229 g/mol. The number of hydrogen-bond acceptors (Lipinski definition) is 1. The summed E-state index contributed by atoms with van der Waals surface area (Å²) in [5.41, 5.74) is 3.83. The molecule has 0 atom stereocenters. The average Bonchev–Trinajstić information content (AvgIpc) is 2.81. The lowest BCUT2D eigenvalue weighted by molar-refractivity contribution is -0.482. The normalized spacial score (nSPS) is 13.6. The number of rotatable bonds is 0. The van der Waals surface area contributed by atoms with Crippen molar-refractivity contribution in [3.05, 3.63) is 53.5 Å². The van der Waals surface area contributed by atoms with Gasteiger partial charge in [-0.05, 0) is 25.0 Å². The first-order chi connectivity index (χ1) is 8.77. The fourth-order valence-corrected chi connectivity index (χ4v) is 3.00. The van der Waals surface area contributed by atoms with Crippen LogP contribution < -0.4 is 4.40 Å². The van der Waals surface area contributed by atoms with Crippen molar-refractivity contribution in [1.82, 2.24) is 0 Å². The second-order valence-electron chi connectivity index (χ2n) is 4.71. The number of pyridine rings is 2. The Bertz CT molecular complexity index is 805. The fourth-order valence-electron chi connectivity index (χ4n) is 3.00. The second kappa shape index (κ2) is 3.19. The van der Waals surface area contributed by atoms with E-state index in [4.69, 9.17) is 0 Å². The Kier molecular flexibility index (Phi) is 1.74. The molecule has 1 aliphatic carbocycles. The number of nitrogens with zero attached hydrogens (tertiary/aromatic N) is 1. The molecule has 1 aromatic carbocycles. The Morgan fingerprint density at radius 1 is 1.11 bits per heavy atom. The van der Waals surface area contributed by atoms with Gasteiger partial charge in [0.2, 0.25) is 11.0 Å². The zero-order valence-corrected chi connectivity index (χ0v) is 9.65. The van der Waals surface area contributed by atoms with Gasteiger partial charge in [0, 0.05) is 17.7 Å². The Balaban J connectivity index is 2.39. The lowest BCUT2D eigenvalue weighted by Crippen LogP contribution is -2.23. The fraction of sp³-hybridized carbons (Fsp3) is 0.133. The molecule has 1 aliphatic rings. The van der Waals surface area contributed by atoms with Crippen molar-refractivity contribution in [2.75, 3.05) is 0 Å². The molecule has 0 spiro atoms. The predicted molar refractivity (Wildman–Crippen MR) is 66.1 cm³/mol. The molecule has 3 heteroatoms. The molecule has 18 heavy (non-hydrogen) atoms. The molecular formula is C15H11FNO+. The molecule has 0 unspecified atom stereocenters. The van der Waals surface area contributed by atoms with Crippen LogP contribution in [0.2, 0.25) is 0 Å². The van der Waals surface area contributed by atoms with E-state index in [2.05, 4.69) is 6.07 Å². The zero-order chi connectivity index (χ0) is 12.3. The molecule has 1 N–H and O–H groups in total. The maximum atomic E-state index is 13.9. The number of aromatic hydroxyl groups is 1. The van der Waals surface area contributed by atoms with E-state index in [0.717, 1.165) is 29.4 Å². The van der Waals surface area contributed by atoms with E-state index in [1.165, 1.54) is 11.6 Å². The van der Waals surface area contributed by atoms with E-state index >= 15 is 0 Å². The monoisotopic (exact) mass is 240 g/mol. The van der Waals surface area contributed by atoms with E-state index in [9.17, 15) is 9.50 Å². The van der Waals surface area contributed by atoms with E-state index < -0.39 is 0 Å². The van der Waals surface area contributed by atoms with Crippen LogP contribution in [0.1, 0.15) is 11.1 Å². The average molecular weight is 240 g/mol. The van der Waals surface area contributed by atoms with Crippen molar-refractivity contribution in [1.29, 1.82) is 0 Å². The molecule has 4 rings (SSSR count). The van der Waals surface area contributed by atoms with E-state index in [0.29, 0.717) is 5.39 Å². The van der Waals surface area contributed by atoms with Crippen molar-refractivity contribution in [3.63, 3.8) is 0 Å². The molecule has 0 amide bonds. The molecule has 88 valence electrons. The highest BCUT2D eigenvalue weighted by Crippen LogP contribution is 2.36. The lowest BCUT2D eigenvalue weighted by Gasteiger charge is -2.04. The molecule has 3 aromatic rings. The highest BCUT2D eigenvalue weighted by atomic mass is 19.1. The summed E-state index contributed by atoms with van der Waals surface area (Å²) in [5, 5.41) is 10.6. The summed E-state index contributed by atoms with van der Waals surface area (Å²) < 4.78 is 15.9. The quantitative estimate of drug-likeness (QED) is 0.474.